The van der Waals surface area contributed by atoms with E-state index in [0.29, 0.717) is 5.56 Å². The Morgan fingerprint density at radius 3 is 2.35 bits per heavy atom. The molecule has 0 aliphatic rings. The fourth-order valence-corrected chi connectivity index (χ4v) is 1.63. The van der Waals surface area contributed by atoms with Gasteiger partial charge in [0.15, 0.2) is 6.04 Å². The van der Waals surface area contributed by atoms with Crippen LogP contribution in [0.4, 0.5) is 0 Å². The Morgan fingerprint density at radius 2 is 1.80 bits per heavy atom. The first-order valence-electron chi connectivity index (χ1n) is 5.75. The van der Waals surface area contributed by atoms with Crippen LogP contribution in [0.2, 0.25) is 0 Å². The average Bonchev–Trinajstić information content (AvgIpc) is 2.46. The van der Waals surface area contributed by atoms with Gasteiger partial charge in [-0.05, 0) is 11.6 Å². The van der Waals surface area contributed by atoms with Crippen LogP contribution in [-0.2, 0) is 4.79 Å². The molecule has 0 aliphatic carbocycles. The quantitative estimate of drug-likeness (QED) is 0.872. The van der Waals surface area contributed by atoms with Gasteiger partial charge >= 0.3 is 11.6 Å². The minimum absolute atomic E-state index is 0.0757. The predicted octanol–water partition coefficient (Wildman–Crippen LogP) is 1.20. The third-order valence-electron chi connectivity index (χ3n) is 2.62. The Labute approximate surface area is 113 Å². The van der Waals surface area contributed by atoms with Gasteiger partial charge in [0.05, 0.1) is 5.56 Å². The van der Waals surface area contributed by atoms with Crippen LogP contribution in [-0.4, -0.2) is 17.0 Å². The highest BCUT2D eigenvalue weighted by Gasteiger charge is 2.22. The van der Waals surface area contributed by atoms with Crippen LogP contribution >= 0.6 is 0 Å². The lowest BCUT2D eigenvalue weighted by molar-refractivity contribution is -0.139. The van der Waals surface area contributed by atoms with Crippen molar-refractivity contribution in [3.8, 4) is 0 Å². The molecule has 0 bridgehead atoms. The van der Waals surface area contributed by atoms with Gasteiger partial charge in [-0.2, -0.15) is 0 Å². The van der Waals surface area contributed by atoms with E-state index in [4.69, 9.17) is 0 Å². The fraction of sp³-hybridized carbons (Fsp3) is 0.0714. The highest BCUT2D eigenvalue weighted by atomic mass is 16.4. The van der Waals surface area contributed by atoms with Crippen LogP contribution in [0.15, 0.2) is 57.9 Å². The van der Waals surface area contributed by atoms with Crippen LogP contribution in [0.3, 0.4) is 0 Å². The number of carbonyl (C=O) groups excluding carboxylic acids is 1. The van der Waals surface area contributed by atoms with Gasteiger partial charge in [-0.25, -0.2) is 9.59 Å². The van der Waals surface area contributed by atoms with Gasteiger partial charge in [-0.1, -0.05) is 30.3 Å². The highest BCUT2D eigenvalue weighted by molar-refractivity contribution is 5.96. The van der Waals surface area contributed by atoms with Crippen LogP contribution in [0.5, 0.6) is 0 Å². The van der Waals surface area contributed by atoms with Crippen LogP contribution < -0.4 is 10.9 Å². The molecule has 6 heteroatoms. The number of carboxylic acids is 1. The summed E-state index contributed by atoms with van der Waals surface area (Å²) in [6.45, 7) is 0. The van der Waals surface area contributed by atoms with Crippen molar-refractivity contribution in [2.75, 3.05) is 0 Å². The molecule has 0 saturated carbocycles. The molecule has 0 aliphatic heterocycles. The van der Waals surface area contributed by atoms with Crippen molar-refractivity contribution >= 4 is 11.9 Å². The summed E-state index contributed by atoms with van der Waals surface area (Å²) in [6, 6.07) is 9.50. The van der Waals surface area contributed by atoms with Crippen molar-refractivity contribution in [2.24, 2.45) is 0 Å². The Hall–Kier alpha value is -2.89. The van der Waals surface area contributed by atoms with E-state index in [2.05, 4.69) is 9.73 Å². The monoisotopic (exact) mass is 273 g/mol. The summed E-state index contributed by atoms with van der Waals surface area (Å²) in [7, 11) is 0. The number of hydrogen-bond acceptors (Lipinski definition) is 4. The zero-order valence-corrected chi connectivity index (χ0v) is 10.3. The van der Waals surface area contributed by atoms with Gasteiger partial charge in [0, 0.05) is 6.07 Å². The van der Waals surface area contributed by atoms with E-state index in [1.807, 2.05) is 0 Å². The third-order valence-corrected chi connectivity index (χ3v) is 2.62. The minimum Gasteiger partial charge on any atom is -0.479 e. The van der Waals surface area contributed by atoms with E-state index >= 15 is 0 Å². The second-order valence-corrected chi connectivity index (χ2v) is 4.00. The summed E-state index contributed by atoms with van der Waals surface area (Å²) in [5.74, 6) is -1.81. The normalized spacial score (nSPS) is 11.6. The van der Waals surface area contributed by atoms with Gasteiger partial charge in [0.1, 0.15) is 6.26 Å². The molecule has 0 fully saturated rings. The molecule has 2 N–H and O–H groups in total. The number of carbonyl (C=O) groups is 2. The van der Waals surface area contributed by atoms with Gasteiger partial charge in [0.2, 0.25) is 0 Å². The minimum atomic E-state index is -1.18. The molecule has 0 spiro atoms. The van der Waals surface area contributed by atoms with Gasteiger partial charge in [-0.15, -0.1) is 0 Å². The van der Waals surface area contributed by atoms with E-state index in [9.17, 15) is 19.5 Å². The first kappa shape index (κ1) is 13.5. The van der Waals surface area contributed by atoms with Crippen LogP contribution in [0.1, 0.15) is 22.0 Å². The summed E-state index contributed by atoms with van der Waals surface area (Å²) in [5.41, 5.74) is -0.0584. The molecule has 1 aromatic heterocycles. The summed E-state index contributed by atoms with van der Waals surface area (Å²) in [5, 5.41) is 11.5. The summed E-state index contributed by atoms with van der Waals surface area (Å²) in [4.78, 5) is 33.9. The SMILES string of the molecule is O=C(NC(C(=O)O)c1ccccc1)c1ccc(=O)oc1. The van der Waals surface area contributed by atoms with Crippen molar-refractivity contribution in [1.82, 2.24) is 5.32 Å². The molecule has 0 saturated heterocycles. The average molecular weight is 273 g/mol. The van der Waals surface area contributed by atoms with E-state index in [1.54, 1.807) is 30.3 Å². The second-order valence-electron chi connectivity index (χ2n) is 4.00. The largest absolute Gasteiger partial charge is 0.479 e. The molecule has 2 aromatic rings. The molecule has 1 heterocycles. The standard InChI is InChI=1S/C14H11NO5/c16-11-7-6-10(8-20-11)13(17)15-12(14(18)19)9-4-2-1-3-5-9/h1-8,12H,(H,15,17)(H,18,19). The number of carboxylic acid groups (broad SMARTS) is 1. The third kappa shape index (κ3) is 3.11. The van der Waals surface area contributed by atoms with E-state index in [-0.39, 0.29) is 5.56 Å². The van der Waals surface area contributed by atoms with Gasteiger partial charge < -0.3 is 14.8 Å². The zero-order valence-electron chi connectivity index (χ0n) is 10.3. The topological polar surface area (TPSA) is 96.6 Å². The van der Waals surface area contributed by atoms with Crippen molar-refractivity contribution < 1.29 is 19.1 Å². The number of benzene rings is 1. The Balaban J connectivity index is 2.21. The number of nitrogens with one attached hydrogen (secondary N) is 1. The Bertz CT molecular complexity index is 657. The lowest BCUT2D eigenvalue weighted by atomic mass is 10.1. The molecule has 0 radical (unpaired) electrons. The Kier molecular flexibility index (Phi) is 3.95. The number of aliphatic carboxylic acids is 1. The maximum atomic E-state index is 11.9. The molecule has 1 amide bonds. The number of amides is 1. The van der Waals surface area contributed by atoms with Crippen LogP contribution in [0, 0.1) is 0 Å². The van der Waals surface area contributed by atoms with E-state index in [1.165, 1.54) is 6.07 Å². The molecular weight excluding hydrogens is 262 g/mol. The molecule has 102 valence electrons. The van der Waals surface area contributed by atoms with E-state index < -0.39 is 23.5 Å². The first-order valence-corrected chi connectivity index (χ1v) is 5.75. The lowest BCUT2D eigenvalue weighted by Gasteiger charge is -2.14. The highest BCUT2D eigenvalue weighted by Crippen LogP contribution is 2.13. The Morgan fingerprint density at radius 1 is 1.10 bits per heavy atom. The summed E-state index contributed by atoms with van der Waals surface area (Å²) < 4.78 is 4.56. The number of hydrogen-bond donors (Lipinski definition) is 2. The van der Waals surface area contributed by atoms with Crippen molar-refractivity contribution in [3.05, 3.63) is 70.3 Å². The van der Waals surface area contributed by atoms with Crippen molar-refractivity contribution in [3.63, 3.8) is 0 Å². The maximum absolute atomic E-state index is 11.9. The van der Waals surface area contributed by atoms with Crippen LogP contribution in [0.25, 0.3) is 0 Å². The van der Waals surface area contributed by atoms with Gasteiger partial charge in [-0.3, -0.25) is 4.79 Å². The summed E-state index contributed by atoms with van der Waals surface area (Å²) in [6.07, 6.45) is 0.988. The maximum Gasteiger partial charge on any atom is 0.335 e. The lowest BCUT2D eigenvalue weighted by Crippen LogP contribution is -2.33. The molecule has 1 atom stereocenters. The second kappa shape index (κ2) is 5.83. The molecule has 6 nitrogen and oxygen atoms in total. The molecule has 1 aromatic carbocycles. The zero-order chi connectivity index (χ0) is 14.5. The van der Waals surface area contributed by atoms with E-state index in [0.717, 1.165) is 12.3 Å². The molecule has 20 heavy (non-hydrogen) atoms. The molecule has 2 rings (SSSR count). The fourth-order valence-electron chi connectivity index (χ4n) is 1.63. The molecule has 1 unspecified atom stereocenters. The smallest absolute Gasteiger partial charge is 0.335 e. The number of rotatable bonds is 4. The summed E-state index contributed by atoms with van der Waals surface area (Å²) >= 11 is 0. The van der Waals surface area contributed by atoms with Crippen molar-refractivity contribution in [1.29, 1.82) is 0 Å². The van der Waals surface area contributed by atoms with Gasteiger partial charge in [0.25, 0.3) is 5.91 Å². The first-order chi connectivity index (χ1) is 9.58. The van der Waals surface area contributed by atoms with Crippen molar-refractivity contribution in [2.45, 2.75) is 6.04 Å². The predicted molar refractivity (Wildman–Crippen MR) is 69.3 cm³/mol. The molecular formula is C14H11NO5.